The van der Waals surface area contributed by atoms with Crippen molar-refractivity contribution in [3.8, 4) is 16.9 Å². The number of piperazine rings is 1. The second kappa shape index (κ2) is 20.5. The molecule has 0 radical (unpaired) electrons. The van der Waals surface area contributed by atoms with E-state index in [-0.39, 0.29) is 92.8 Å². The molecule has 5 aromatic rings. The smallest absolute Gasteiger partial charge is 0.264 e. The number of thiazole rings is 1. The van der Waals surface area contributed by atoms with Gasteiger partial charge in [-0.05, 0) is 71.6 Å². The molecule has 2 fully saturated rings. The van der Waals surface area contributed by atoms with Gasteiger partial charge in [-0.1, -0.05) is 30.3 Å². The van der Waals surface area contributed by atoms with Gasteiger partial charge in [-0.2, -0.15) is 0 Å². The number of phenolic OH excluding ortho intramolecular Hbond substituents is 1. The normalized spacial score (nSPS) is 17.3. The molecule has 4 heterocycles. The number of anilines is 3. The summed E-state index contributed by atoms with van der Waals surface area (Å²) in [6, 6.07) is 19.4. The number of rotatable bonds is 17. The topological polar surface area (TPSA) is 208 Å². The fraction of sp³-hybridized carbons (Fsp3) is 0.320. The van der Waals surface area contributed by atoms with Gasteiger partial charge >= 0.3 is 0 Å². The number of carbonyl (C=O) groups excluding carboxylic acids is 7. The lowest BCUT2D eigenvalue weighted by Gasteiger charge is -2.36. The van der Waals surface area contributed by atoms with E-state index < -0.39 is 47.3 Å². The van der Waals surface area contributed by atoms with Crippen molar-refractivity contribution in [2.75, 3.05) is 74.7 Å². The zero-order chi connectivity index (χ0) is 48.2. The first-order valence-corrected chi connectivity index (χ1v) is 23.5. The minimum atomic E-state index is -1.33. The van der Waals surface area contributed by atoms with Crippen LogP contribution in [0.5, 0.6) is 5.75 Å². The number of ether oxygens (including phenoxy) is 2. The molecule has 1 aliphatic carbocycles. The standard InChI is InChI=1S/C50H48FN7O10S/c51-33-8-13-41(60)38(27-33)45(46(63)54-50-53-16-25-69-50)57-29-32-5-4-31(26-37(32)47(57)64)30-6-9-34(10-7-30)55-17-19-56(20-18-55)43(62)14-21-67-23-24-68-22-15-52-39-3-1-2-36-44(39)49(66)58(48(36)65)40-12-11-35(59)28-42(40)61/h1-10,13,16,25-27,40,45,52,60H,11-12,14-15,17-24,28-29H2,(H,53,54,63). The lowest BCUT2D eigenvalue weighted by atomic mass is 9.92. The maximum atomic E-state index is 14.4. The summed E-state index contributed by atoms with van der Waals surface area (Å²) in [6.07, 6.45) is 1.77. The molecule has 0 bridgehead atoms. The number of hydrogen-bond donors (Lipinski definition) is 3. The van der Waals surface area contributed by atoms with Crippen LogP contribution in [0, 0.1) is 5.82 Å². The van der Waals surface area contributed by atoms with Crippen LogP contribution in [0.2, 0.25) is 0 Å². The summed E-state index contributed by atoms with van der Waals surface area (Å²) in [5.74, 6) is -3.73. The van der Waals surface area contributed by atoms with Crippen LogP contribution in [0.25, 0.3) is 11.1 Å². The summed E-state index contributed by atoms with van der Waals surface area (Å²) in [7, 11) is 0. The number of aromatic nitrogens is 1. The summed E-state index contributed by atoms with van der Waals surface area (Å²) in [4.78, 5) is 102. The molecule has 2 atom stereocenters. The Labute approximate surface area is 399 Å². The molecule has 19 heteroatoms. The number of halogens is 1. The molecule has 1 saturated carbocycles. The number of amides is 5. The van der Waals surface area contributed by atoms with Crippen molar-refractivity contribution in [3.63, 3.8) is 0 Å². The number of nitrogens with zero attached hydrogens (tertiary/aromatic N) is 5. The quantitative estimate of drug-likeness (QED) is 0.0602. The molecular weight excluding hydrogens is 910 g/mol. The minimum absolute atomic E-state index is 0.00219. The van der Waals surface area contributed by atoms with Gasteiger partial charge in [0.05, 0.1) is 56.4 Å². The Hall–Kier alpha value is -7.35. The SMILES string of the molecule is O=C1CCC(N2C(=O)c3cccc(NCCOCCOCCC(=O)N4CCN(c5ccc(-c6ccc7c(c6)C(=O)N(C(C(=O)Nc6nccs6)c6cc(F)ccc6O)C7)cc5)CC4)c3C2=O)C(=O)C1. The zero-order valence-electron chi connectivity index (χ0n) is 37.4. The van der Waals surface area contributed by atoms with Crippen LogP contribution in [0.1, 0.15) is 73.9 Å². The van der Waals surface area contributed by atoms with Crippen LogP contribution in [0.3, 0.4) is 0 Å². The Morgan fingerprint density at radius 3 is 2.36 bits per heavy atom. The fourth-order valence-corrected chi connectivity index (χ4v) is 9.74. The van der Waals surface area contributed by atoms with Crippen LogP contribution < -0.4 is 15.5 Å². The van der Waals surface area contributed by atoms with Crippen LogP contribution in [0.4, 0.5) is 20.9 Å². The van der Waals surface area contributed by atoms with Gasteiger partial charge in [0.25, 0.3) is 23.6 Å². The highest BCUT2D eigenvalue weighted by molar-refractivity contribution is 7.13. The van der Waals surface area contributed by atoms with E-state index in [1.165, 1.54) is 22.4 Å². The molecule has 69 heavy (non-hydrogen) atoms. The Morgan fingerprint density at radius 1 is 0.841 bits per heavy atom. The number of ketones is 2. The lowest BCUT2D eigenvalue weighted by Crippen LogP contribution is -2.49. The van der Waals surface area contributed by atoms with Crippen LogP contribution in [0.15, 0.2) is 90.4 Å². The van der Waals surface area contributed by atoms with E-state index in [2.05, 4.69) is 20.5 Å². The Morgan fingerprint density at radius 2 is 1.61 bits per heavy atom. The monoisotopic (exact) mass is 957 g/mol. The van der Waals surface area contributed by atoms with Gasteiger partial charge in [-0.3, -0.25) is 43.8 Å². The first-order chi connectivity index (χ1) is 33.4. The summed E-state index contributed by atoms with van der Waals surface area (Å²) in [5, 5.41) is 18.5. The molecule has 4 aliphatic rings. The van der Waals surface area contributed by atoms with Gasteiger partial charge in [-0.15, -0.1) is 11.3 Å². The van der Waals surface area contributed by atoms with E-state index in [1.807, 2.05) is 41.3 Å². The van der Waals surface area contributed by atoms with Gasteiger partial charge in [-0.25, -0.2) is 9.37 Å². The molecule has 0 spiro atoms. The van der Waals surface area contributed by atoms with Crippen molar-refractivity contribution in [2.45, 2.75) is 44.3 Å². The number of aromatic hydroxyl groups is 1. The van der Waals surface area contributed by atoms with Gasteiger partial charge in [0.15, 0.2) is 10.9 Å². The highest BCUT2D eigenvalue weighted by Gasteiger charge is 2.45. The van der Waals surface area contributed by atoms with E-state index in [0.29, 0.717) is 54.7 Å². The molecular formula is C50H48FN7O10S. The van der Waals surface area contributed by atoms with Gasteiger partial charge in [0.2, 0.25) is 5.91 Å². The number of imide groups is 1. The third-order valence-electron chi connectivity index (χ3n) is 12.7. The lowest BCUT2D eigenvalue weighted by molar-refractivity contribution is -0.133. The number of phenols is 1. The van der Waals surface area contributed by atoms with Crippen molar-refractivity contribution >= 4 is 68.9 Å². The second-order valence-electron chi connectivity index (χ2n) is 17.0. The van der Waals surface area contributed by atoms with E-state index in [1.54, 1.807) is 29.6 Å². The molecule has 3 N–H and O–H groups in total. The maximum Gasteiger partial charge on any atom is 0.264 e. The van der Waals surface area contributed by atoms with Crippen LogP contribution in [-0.4, -0.2) is 131 Å². The van der Waals surface area contributed by atoms with Crippen molar-refractivity contribution in [1.82, 2.24) is 19.7 Å². The first kappa shape index (κ1) is 46.7. The first-order valence-electron chi connectivity index (χ1n) is 22.7. The van der Waals surface area contributed by atoms with Crippen LogP contribution in [-0.2, 0) is 35.2 Å². The molecule has 4 aromatic carbocycles. The van der Waals surface area contributed by atoms with Crippen molar-refractivity contribution in [2.24, 2.45) is 0 Å². The van der Waals surface area contributed by atoms with E-state index in [0.717, 1.165) is 39.9 Å². The summed E-state index contributed by atoms with van der Waals surface area (Å²) >= 11 is 1.19. The number of hydrogen-bond acceptors (Lipinski definition) is 14. The van der Waals surface area contributed by atoms with Gasteiger partial charge in [0.1, 0.15) is 23.4 Å². The molecule has 17 nitrogen and oxygen atoms in total. The Bertz CT molecular complexity index is 2820. The van der Waals surface area contributed by atoms with Gasteiger partial charge in [0, 0.05) is 79.8 Å². The highest BCUT2D eigenvalue weighted by atomic mass is 32.1. The summed E-state index contributed by atoms with van der Waals surface area (Å²) in [6.45, 7) is 3.92. The minimum Gasteiger partial charge on any atom is -0.508 e. The predicted molar refractivity (Wildman–Crippen MR) is 251 cm³/mol. The number of fused-ring (bicyclic) bond motifs is 2. The number of benzene rings is 4. The molecule has 3 aliphatic heterocycles. The van der Waals surface area contributed by atoms with Crippen LogP contribution >= 0.6 is 11.3 Å². The summed E-state index contributed by atoms with van der Waals surface area (Å²) < 4.78 is 25.8. The number of carbonyl (C=O) groups is 7. The number of Topliss-reactive ketones (excluding diaryl/α,β-unsaturated/α-hetero) is 2. The maximum absolute atomic E-state index is 14.4. The summed E-state index contributed by atoms with van der Waals surface area (Å²) in [5.41, 5.74) is 4.60. The molecule has 9 rings (SSSR count). The average Bonchev–Trinajstić information content (AvgIpc) is 4.05. The van der Waals surface area contributed by atoms with Crippen molar-refractivity contribution < 1.29 is 52.5 Å². The Kier molecular flexibility index (Phi) is 13.9. The van der Waals surface area contributed by atoms with E-state index >= 15 is 0 Å². The average molecular weight is 958 g/mol. The molecule has 5 amide bonds. The van der Waals surface area contributed by atoms with E-state index in [4.69, 9.17) is 9.47 Å². The van der Waals surface area contributed by atoms with Gasteiger partial charge < -0.3 is 34.6 Å². The Balaban J connectivity index is 0.695. The second-order valence-corrected chi connectivity index (χ2v) is 17.9. The fourth-order valence-electron chi connectivity index (χ4n) is 9.21. The molecule has 356 valence electrons. The third kappa shape index (κ3) is 9.97. The molecule has 1 saturated heterocycles. The number of nitrogens with one attached hydrogen (secondary N) is 2. The van der Waals surface area contributed by atoms with Crippen molar-refractivity contribution in [1.29, 1.82) is 0 Å². The third-order valence-corrected chi connectivity index (χ3v) is 13.4. The predicted octanol–water partition coefficient (Wildman–Crippen LogP) is 5.46. The van der Waals surface area contributed by atoms with Crippen molar-refractivity contribution in [3.05, 3.63) is 124 Å². The largest absolute Gasteiger partial charge is 0.508 e. The van der Waals surface area contributed by atoms with E-state index in [9.17, 15) is 43.1 Å². The zero-order valence-corrected chi connectivity index (χ0v) is 38.2. The highest BCUT2D eigenvalue weighted by Crippen LogP contribution is 2.39. The molecule has 2 unspecified atom stereocenters. The molecule has 1 aromatic heterocycles.